The highest BCUT2D eigenvalue weighted by Crippen LogP contribution is 2.27. The van der Waals surface area contributed by atoms with E-state index in [9.17, 15) is 8.42 Å². The van der Waals surface area contributed by atoms with Crippen LogP contribution in [0.25, 0.3) is 0 Å². The second kappa shape index (κ2) is 11.1. The van der Waals surface area contributed by atoms with Crippen LogP contribution in [0, 0.1) is 0 Å². The molecule has 0 amide bonds. The van der Waals surface area contributed by atoms with Crippen LogP contribution in [0.1, 0.15) is 63.9 Å². The third-order valence-electron chi connectivity index (χ3n) is 4.62. The van der Waals surface area contributed by atoms with E-state index < -0.39 is 10.1 Å². The molecule has 2 aromatic rings. The van der Waals surface area contributed by atoms with Crippen LogP contribution in [0.3, 0.4) is 0 Å². The Morgan fingerprint density at radius 3 is 2.04 bits per heavy atom. The Morgan fingerprint density at radius 2 is 1.41 bits per heavy atom. The number of aryl methyl sites for hydroxylation is 1. The first-order chi connectivity index (χ1) is 13.0. The van der Waals surface area contributed by atoms with E-state index in [-0.39, 0.29) is 4.90 Å². The monoisotopic (exact) mass is 390 g/mol. The second-order valence-electron chi connectivity index (χ2n) is 6.88. The summed E-state index contributed by atoms with van der Waals surface area (Å²) in [5.41, 5.74) is 1.15. The Hall–Kier alpha value is -1.85. The zero-order chi connectivity index (χ0) is 19.5. The maximum atomic E-state index is 11.1. The van der Waals surface area contributed by atoms with Gasteiger partial charge in [-0.1, -0.05) is 70.1 Å². The minimum Gasteiger partial charge on any atom is -0.457 e. The summed E-state index contributed by atoms with van der Waals surface area (Å²) in [7, 11) is -4.18. The van der Waals surface area contributed by atoms with Gasteiger partial charge in [0, 0.05) is 0 Å². The highest BCUT2D eigenvalue weighted by molar-refractivity contribution is 7.85. The molecule has 148 valence electrons. The van der Waals surface area contributed by atoms with E-state index in [0.717, 1.165) is 24.2 Å². The molecule has 5 heteroatoms. The minimum atomic E-state index is -4.18. The van der Waals surface area contributed by atoms with Crippen molar-refractivity contribution in [2.75, 3.05) is 0 Å². The van der Waals surface area contributed by atoms with Crippen molar-refractivity contribution in [3.63, 3.8) is 0 Å². The molecule has 0 aliphatic rings. The molecule has 0 radical (unpaired) electrons. The lowest BCUT2D eigenvalue weighted by molar-refractivity contribution is 0.471. The topological polar surface area (TPSA) is 63.6 Å². The Morgan fingerprint density at radius 1 is 0.815 bits per heavy atom. The molecule has 0 saturated carbocycles. The van der Waals surface area contributed by atoms with Crippen LogP contribution in [-0.4, -0.2) is 13.0 Å². The van der Waals surface area contributed by atoms with Gasteiger partial charge in [0.2, 0.25) is 0 Å². The summed E-state index contributed by atoms with van der Waals surface area (Å²) in [6.07, 6.45) is 11.2. The molecule has 2 aromatic carbocycles. The molecule has 0 unspecified atom stereocenters. The first-order valence-electron chi connectivity index (χ1n) is 9.84. The molecule has 2 rings (SSSR count). The van der Waals surface area contributed by atoms with Gasteiger partial charge in [0.1, 0.15) is 11.5 Å². The van der Waals surface area contributed by atoms with Crippen molar-refractivity contribution in [3.05, 3.63) is 54.1 Å². The molecule has 0 fully saturated rings. The minimum absolute atomic E-state index is 0.137. The van der Waals surface area contributed by atoms with Crippen LogP contribution in [0.4, 0.5) is 0 Å². The zero-order valence-corrected chi connectivity index (χ0v) is 16.9. The fourth-order valence-corrected chi connectivity index (χ4v) is 3.55. The fraction of sp³-hybridized carbons (Fsp3) is 0.455. The lowest BCUT2D eigenvalue weighted by Crippen LogP contribution is -1.97. The lowest BCUT2D eigenvalue weighted by atomic mass is 10.0. The molecular weight excluding hydrogens is 360 g/mol. The number of hydrogen-bond donors (Lipinski definition) is 1. The van der Waals surface area contributed by atoms with E-state index in [1.54, 1.807) is 12.1 Å². The number of benzene rings is 2. The maximum absolute atomic E-state index is 11.1. The summed E-state index contributed by atoms with van der Waals surface area (Å²) in [6, 6.07) is 13.7. The third kappa shape index (κ3) is 7.73. The quantitative estimate of drug-likeness (QED) is 0.336. The van der Waals surface area contributed by atoms with Gasteiger partial charge in [-0.05, 0) is 48.7 Å². The molecule has 4 nitrogen and oxygen atoms in total. The number of unbranched alkanes of at least 4 members (excludes halogenated alkanes) is 7. The second-order valence-corrected chi connectivity index (χ2v) is 8.30. The van der Waals surface area contributed by atoms with Crippen LogP contribution in [0.2, 0.25) is 0 Å². The largest absolute Gasteiger partial charge is 0.457 e. The van der Waals surface area contributed by atoms with Crippen molar-refractivity contribution in [3.8, 4) is 11.5 Å². The van der Waals surface area contributed by atoms with E-state index in [1.807, 2.05) is 18.2 Å². The van der Waals surface area contributed by atoms with Crippen LogP contribution < -0.4 is 4.74 Å². The maximum Gasteiger partial charge on any atom is 0.294 e. The molecule has 27 heavy (non-hydrogen) atoms. The number of ether oxygens (including phenoxy) is 1. The summed E-state index contributed by atoms with van der Waals surface area (Å²) in [4.78, 5) is -0.137. The standard InChI is InChI=1S/C22H30O4S/c1-2-3-4-5-6-7-8-9-12-19-13-10-11-14-22(19)26-20-15-17-21(18-16-20)27(23,24)25/h10-11,13-18H,2-9,12H2,1H3,(H,23,24,25). The van der Waals surface area contributed by atoms with Crippen molar-refractivity contribution < 1.29 is 17.7 Å². The first-order valence-corrected chi connectivity index (χ1v) is 11.3. The zero-order valence-electron chi connectivity index (χ0n) is 16.1. The van der Waals surface area contributed by atoms with Gasteiger partial charge in [0.15, 0.2) is 0 Å². The van der Waals surface area contributed by atoms with Crippen molar-refractivity contribution in [2.24, 2.45) is 0 Å². The van der Waals surface area contributed by atoms with Gasteiger partial charge < -0.3 is 4.74 Å². The molecule has 0 heterocycles. The van der Waals surface area contributed by atoms with Gasteiger partial charge in [-0.25, -0.2) is 0 Å². The van der Waals surface area contributed by atoms with Gasteiger partial charge in [-0.3, -0.25) is 4.55 Å². The average Bonchev–Trinajstić information content (AvgIpc) is 2.65. The van der Waals surface area contributed by atoms with Crippen LogP contribution in [0.15, 0.2) is 53.4 Å². The van der Waals surface area contributed by atoms with Crippen LogP contribution in [-0.2, 0) is 16.5 Å². The Labute approximate surface area is 163 Å². The molecule has 0 aliphatic carbocycles. The van der Waals surface area contributed by atoms with Gasteiger partial charge in [0.25, 0.3) is 10.1 Å². The van der Waals surface area contributed by atoms with Crippen molar-refractivity contribution >= 4 is 10.1 Å². The molecule has 0 spiro atoms. The lowest BCUT2D eigenvalue weighted by Gasteiger charge is -2.11. The van der Waals surface area contributed by atoms with E-state index in [4.69, 9.17) is 9.29 Å². The van der Waals surface area contributed by atoms with Crippen molar-refractivity contribution in [2.45, 2.75) is 69.6 Å². The molecular formula is C22H30O4S. The van der Waals surface area contributed by atoms with Gasteiger partial charge in [-0.2, -0.15) is 8.42 Å². The molecule has 0 bridgehead atoms. The van der Waals surface area contributed by atoms with Gasteiger partial charge >= 0.3 is 0 Å². The molecule has 0 saturated heterocycles. The molecule has 0 atom stereocenters. The van der Waals surface area contributed by atoms with Gasteiger partial charge in [0.05, 0.1) is 4.90 Å². The van der Waals surface area contributed by atoms with Crippen molar-refractivity contribution in [1.29, 1.82) is 0 Å². The summed E-state index contributed by atoms with van der Waals surface area (Å²) >= 11 is 0. The predicted octanol–water partition coefficient (Wildman–Crippen LogP) is 6.41. The summed E-state index contributed by atoms with van der Waals surface area (Å²) in [5.74, 6) is 1.34. The Kier molecular flexibility index (Phi) is 8.82. The summed E-state index contributed by atoms with van der Waals surface area (Å²) in [6.45, 7) is 2.24. The van der Waals surface area contributed by atoms with Gasteiger partial charge in [-0.15, -0.1) is 0 Å². The summed E-state index contributed by atoms with van der Waals surface area (Å²) in [5, 5.41) is 0. The van der Waals surface area contributed by atoms with Crippen LogP contribution in [0.5, 0.6) is 11.5 Å². The Bertz CT molecular complexity index is 782. The van der Waals surface area contributed by atoms with E-state index in [1.165, 1.54) is 57.1 Å². The molecule has 1 N–H and O–H groups in total. The smallest absolute Gasteiger partial charge is 0.294 e. The summed E-state index contributed by atoms with van der Waals surface area (Å²) < 4.78 is 37.2. The highest BCUT2D eigenvalue weighted by atomic mass is 32.2. The SMILES string of the molecule is CCCCCCCCCCc1ccccc1Oc1ccc(S(=O)(=O)O)cc1. The normalized spacial score (nSPS) is 11.5. The average molecular weight is 391 g/mol. The molecule has 0 aliphatic heterocycles. The number of hydrogen-bond acceptors (Lipinski definition) is 3. The number of para-hydroxylation sites is 1. The van der Waals surface area contributed by atoms with E-state index in [2.05, 4.69) is 13.0 Å². The highest BCUT2D eigenvalue weighted by Gasteiger charge is 2.10. The van der Waals surface area contributed by atoms with E-state index in [0.29, 0.717) is 5.75 Å². The third-order valence-corrected chi connectivity index (χ3v) is 5.49. The van der Waals surface area contributed by atoms with Crippen LogP contribution >= 0.6 is 0 Å². The van der Waals surface area contributed by atoms with E-state index >= 15 is 0 Å². The van der Waals surface area contributed by atoms with Crippen molar-refractivity contribution in [1.82, 2.24) is 0 Å². The fourth-order valence-electron chi connectivity index (χ4n) is 3.07. The molecule has 0 aromatic heterocycles. The Balaban J connectivity index is 1.84. The number of rotatable bonds is 12. The first kappa shape index (κ1) is 21.5. The predicted molar refractivity (Wildman–Crippen MR) is 109 cm³/mol.